The second-order valence-corrected chi connectivity index (χ2v) is 11.1. The third kappa shape index (κ3) is 7.52. The van der Waals surface area contributed by atoms with Gasteiger partial charge in [-0.25, -0.2) is 9.59 Å². The fourth-order valence-electron chi connectivity index (χ4n) is 4.66. The zero-order chi connectivity index (χ0) is 28.2. The monoisotopic (exact) mass is 551 g/mol. The minimum absolute atomic E-state index is 0.0813. The van der Waals surface area contributed by atoms with Crippen LogP contribution in [0, 0.1) is 0 Å². The summed E-state index contributed by atoms with van der Waals surface area (Å²) in [7, 11) is 1.34. The highest BCUT2D eigenvalue weighted by molar-refractivity contribution is 6.30. The lowest BCUT2D eigenvalue weighted by Crippen LogP contribution is -2.47. The second-order valence-electron chi connectivity index (χ2n) is 10.6. The summed E-state index contributed by atoms with van der Waals surface area (Å²) in [5.74, 6) is 0.842. The number of aryl methyl sites for hydroxylation is 1. The fraction of sp³-hybridized carbons (Fsp3) is 0.355. The molecule has 4 rings (SSSR count). The summed E-state index contributed by atoms with van der Waals surface area (Å²) in [6, 6.07) is 19.5. The van der Waals surface area contributed by atoms with E-state index in [0.717, 1.165) is 18.4 Å². The Balaban J connectivity index is 1.53. The maximum Gasteiger partial charge on any atom is 0.410 e. The average molecular weight is 552 g/mol. The molecule has 1 aliphatic rings. The Morgan fingerprint density at radius 3 is 2.41 bits per heavy atom. The van der Waals surface area contributed by atoms with Crippen molar-refractivity contribution in [2.45, 2.75) is 57.8 Å². The molecule has 1 amide bonds. The molecule has 8 heteroatoms. The van der Waals surface area contributed by atoms with Crippen LogP contribution in [-0.2, 0) is 22.3 Å². The molecule has 39 heavy (non-hydrogen) atoms. The fourth-order valence-corrected chi connectivity index (χ4v) is 4.85. The van der Waals surface area contributed by atoms with Gasteiger partial charge in [-0.3, -0.25) is 0 Å². The summed E-state index contributed by atoms with van der Waals surface area (Å²) in [6.45, 7) is 5.56. The number of halogens is 1. The lowest BCUT2D eigenvalue weighted by atomic mass is 9.87. The molecule has 0 radical (unpaired) electrons. The predicted octanol–water partition coefficient (Wildman–Crippen LogP) is 6.75. The van der Waals surface area contributed by atoms with Crippen LogP contribution in [0.2, 0.25) is 5.02 Å². The molecule has 1 N–H and O–H groups in total. The molecule has 0 saturated carbocycles. The summed E-state index contributed by atoms with van der Waals surface area (Å²) in [4.78, 5) is 26.7. The van der Waals surface area contributed by atoms with Gasteiger partial charge in [0.05, 0.1) is 25.3 Å². The molecule has 3 aromatic rings. The van der Waals surface area contributed by atoms with Crippen LogP contribution in [0.15, 0.2) is 66.7 Å². The first-order valence-corrected chi connectivity index (χ1v) is 13.3. The van der Waals surface area contributed by atoms with Crippen molar-refractivity contribution in [1.82, 2.24) is 4.90 Å². The maximum absolute atomic E-state index is 13.3. The normalized spacial score (nSPS) is 15.6. The molecule has 1 aliphatic carbocycles. The molecule has 7 nitrogen and oxygen atoms in total. The number of rotatable bonds is 7. The first-order valence-electron chi connectivity index (χ1n) is 12.9. The number of amides is 1. The number of nitrogens with zero attached hydrogens (tertiary/aromatic N) is 1. The molecule has 0 aliphatic heterocycles. The smallest absolute Gasteiger partial charge is 0.410 e. The minimum Gasteiger partial charge on any atom is -0.465 e. The van der Waals surface area contributed by atoms with Crippen molar-refractivity contribution in [2.75, 3.05) is 13.7 Å². The van der Waals surface area contributed by atoms with Crippen LogP contribution in [0.4, 0.5) is 4.79 Å². The van der Waals surface area contributed by atoms with E-state index in [1.807, 2.05) is 39.0 Å². The number of aliphatic hydroxyl groups is 1. The average Bonchev–Trinajstić information content (AvgIpc) is 2.90. The van der Waals surface area contributed by atoms with Gasteiger partial charge in [0, 0.05) is 11.1 Å². The standard InChI is InChI=1S/C31H34ClNO6/c1-31(2,3)39-30(36)33(19-28(34)22-6-5-7-24(32)16-22)25-12-8-20-9-15-27(18-23(20)17-25)38-26-13-10-21(11-14-26)29(35)37-4/h5-7,9-11,13-16,18,25,28,34H,8,12,17,19H2,1-4H3/t25-,28+/m0/s1. The van der Waals surface area contributed by atoms with Crippen molar-refractivity contribution >= 4 is 23.7 Å². The molecular weight excluding hydrogens is 518 g/mol. The largest absolute Gasteiger partial charge is 0.465 e. The van der Waals surface area contributed by atoms with Crippen molar-refractivity contribution < 1.29 is 28.9 Å². The number of benzene rings is 3. The van der Waals surface area contributed by atoms with E-state index < -0.39 is 23.8 Å². The highest BCUT2D eigenvalue weighted by Gasteiger charge is 2.33. The number of methoxy groups -OCH3 is 1. The van der Waals surface area contributed by atoms with Crippen LogP contribution >= 0.6 is 11.6 Å². The van der Waals surface area contributed by atoms with Gasteiger partial charge in [-0.15, -0.1) is 0 Å². The Morgan fingerprint density at radius 2 is 1.74 bits per heavy atom. The molecule has 3 aromatic carbocycles. The third-order valence-electron chi connectivity index (χ3n) is 6.56. The number of carbonyl (C=O) groups is 2. The van der Waals surface area contributed by atoms with E-state index in [9.17, 15) is 14.7 Å². The molecule has 0 unspecified atom stereocenters. The number of aliphatic hydroxyl groups excluding tert-OH is 1. The molecule has 0 bridgehead atoms. The first kappa shape index (κ1) is 28.5. The summed E-state index contributed by atoms with van der Waals surface area (Å²) < 4.78 is 16.5. The Labute approximate surface area is 234 Å². The highest BCUT2D eigenvalue weighted by Crippen LogP contribution is 2.32. The lowest BCUT2D eigenvalue weighted by molar-refractivity contribution is 0.00194. The van der Waals surface area contributed by atoms with Crippen molar-refractivity contribution in [3.05, 3.63) is 94.0 Å². The first-order chi connectivity index (χ1) is 18.5. The Bertz CT molecular complexity index is 1320. The van der Waals surface area contributed by atoms with E-state index in [1.165, 1.54) is 12.7 Å². The number of hydrogen-bond acceptors (Lipinski definition) is 6. The SMILES string of the molecule is COC(=O)c1ccc(Oc2ccc3c(c2)C[C@@H](N(C[C@@H](O)c2cccc(Cl)c2)C(=O)OC(C)(C)C)CC3)cc1. The van der Waals surface area contributed by atoms with E-state index in [4.69, 9.17) is 25.8 Å². The summed E-state index contributed by atoms with van der Waals surface area (Å²) in [5, 5.41) is 11.5. The van der Waals surface area contributed by atoms with Gasteiger partial charge in [0.1, 0.15) is 17.1 Å². The molecule has 206 valence electrons. The number of hydrogen-bond donors (Lipinski definition) is 1. The van der Waals surface area contributed by atoms with E-state index in [2.05, 4.69) is 0 Å². The number of carbonyl (C=O) groups excluding carboxylic acids is 2. The number of fused-ring (bicyclic) bond motifs is 1. The molecule has 0 spiro atoms. The Morgan fingerprint density at radius 1 is 1.03 bits per heavy atom. The van der Waals surface area contributed by atoms with Crippen molar-refractivity contribution in [1.29, 1.82) is 0 Å². The molecule has 2 atom stereocenters. The van der Waals surface area contributed by atoms with Gasteiger partial charge in [0.25, 0.3) is 0 Å². The van der Waals surface area contributed by atoms with E-state index in [-0.39, 0.29) is 12.6 Å². The van der Waals surface area contributed by atoms with Crippen LogP contribution in [-0.4, -0.2) is 47.4 Å². The van der Waals surface area contributed by atoms with Crippen molar-refractivity contribution in [2.24, 2.45) is 0 Å². The lowest BCUT2D eigenvalue weighted by Gasteiger charge is -2.37. The van der Waals surface area contributed by atoms with E-state index in [0.29, 0.717) is 34.1 Å². The van der Waals surface area contributed by atoms with Crippen molar-refractivity contribution in [3.63, 3.8) is 0 Å². The Kier molecular flexibility index (Phi) is 8.83. The molecule has 0 heterocycles. The predicted molar refractivity (Wildman–Crippen MR) is 149 cm³/mol. The molecule has 0 aromatic heterocycles. The second kappa shape index (κ2) is 12.1. The maximum atomic E-state index is 13.3. The minimum atomic E-state index is -0.916. The number of esters is 1. The third-order valence-corrected chi connectivity index (χ3v) is 6.80. The van der Waals surface area contributed by atoms with Gasteiger partial charge < -0.3 is 24.2 Å². The van der Waals surface area contributed by atoms with Gasteiger partial charge in [-0.05, 0) is 105 Å². The van der Waals surface area contributed by atoms with Gasteiger partial charge in [0.2, 0.25) is 0 Å². The van der Waals surface area contributed by atoms with E-state index >= 15 is 0 Å². The summed E-state index contributed by atoms with van der Waals surface area (Å²) in [5.41, 5.74) is 2.68. The van der Waals surface area contributed by atoms with Gasteiger partial charge in [-0.2, -0.15) is 0 Å². The Hall–Kier alpha value is -3.55. The van der Waals surface area contributed by atoms with Crippen LogP contribution in [0.3, 0.4) is 0 Å². The van der Waals surface area contributed by atoms with E-state index in [1.54, 1.807) is 53.4 Å². The van der Waals surface area contributed by atoms with Gasteiger partial charge in [0.15, 0.2) is 0 Å². The highest BCUT2D eigenvalue weighted by atomic mass is 35.5. The zero-order valence-corrected chi connectivity index (χ0v) is 23.4. The topological polar surface area (TPSA) is 85.3 Å². The van der Waals surface area contributed by atoms with Crippen LogP contribution in [0.1, 0.15) is 60.3 Å². The quantitative estimate of drug-likeness (QED) is 0.327. The molecular formula is C31H34ClNO6. The zero-order valence-electron chi connectivity index (χ0n) is 22.6. The van der Waals surface area contributed by atoms with Crippen molar-refractivity contribution in [3.8, 4) is 11.5 Å². The van der Waals surface area contributed by atoms with Gasteiger partial charge in [-0.1, -0.05) is 29.8 Å². The van der Waals surface area contributed by atoms with Crippen LogP contribution in [0.5, 0.6) is 11.5 Å². The molecule has 0 saturated heterocycles. The molecule has 0 fully saturated rings. The van der Waals surface area contributed by atoms with Gasteiger partial charge >= 0.3 is 12.1 Å². The summed E-state index contributed by atoms with van der Waals surface area (Å²) in [6.07, 6.45) is 0.732. The summed E-state index contributed by atoms with van der Waals surface area (Å²) >= 11 is 6.13. The van der Waals surface area contributed by atoms with Crippen LogP contribution in [0.25, 0.3) is 0 Å². The number of ether oxygens (including phenoxy) is 3. The van der Waals surface area contributed by atoms with Crippen LogP contribution < -0.4 is 4.74 Å².